The first-order valence-electron chi connectivity index (χ1n) is 10.3. The monoisotopic (exact) mass is 463 g/mol. The molecule has 34 heavy (non-hydrogen) atoms. The normalized spacial score (nSPS) is 11.2. The van der Waals surface area contributed by atoms with Crippen LogP contribution in [0.5, 0.6) is 11.5 Å². The van der Waals surface area contributed by atoms with Gasteiger partial charge in [-0.05, 0) is 47.5 Å². The molecule has 0 saturated heterocycles. The number of methoxy groups -OCH3 is 2. The number of nitrogens with zero attached hydrogens (tertiary/aromatic N) is 1. The van der Waals surface area contributed by atoms with Crippen molar-refractivity contribution in [2.75, 3.05) is 19.5 Å². The highest BCUT2D eigenvalue weighted by atomic mass is 16.6. The van der Waals surface area contributed by atoms with Gasteiger partial charge >= 0.3 is 5.69 Å². The van der Waals surface area contributed by atoms with E-state index in [2.05, 4.69) is 10.6 Å². The average molecular weight is 463 g/mol. The van der Waals surface area contributed by atoms with E-state index in [0.717, 1.165) is 5.56 Å². The zero-order valence-corrected chi connectivity index (χ0v) is 18.7. The van der Waals surface area contributed by atoms with Gasteiger partial charge in [0, 0.05) is 17.8 Å². The van der Waals surface area contributed by atoms with E-state index >= 15 is 0 Å². The molecule has 3 rings (SSSR count). The number of amidine groups is 1. The zero-order chi connectivity index (χ0) is 24.7. The summed E-state index contributed by atoms with van der Waals surface area (Å²) in [5.74, 6) is -0.506. The molecular weight excluding hydrogens is 438 g/mol. The number of anilines is 1. The molecule has 0 saturated carbocycles. The van der Waals surface area contributed by atoms with Crippen molar-refractivity contribution in [3.05, 3.63) is 93.5 Å². The quantitative estimate of drug-likeness (QED) is 0.156. The van der Waals surface area contributed by atoms with Crippen LogP contribution in [0.3, 0.4) is 0 Å². The summed E-state index contributed by atoms with van der Waals surface area (Å²) in [4.78, 5) is 24.2. The summed E-state index contributed by atoms with van der Waals surface area (Å²) >= 11 is 0. The van der Waals surface area contributed by atoms with Gasteiger partial charge in [0.2, 0.25) is 17.4 Å². The Kier molecular flexibility index (Phi) is 7.65. The molecule has 1 amide bonds. The van der Waals surface area contributed by atoms with Crippen molar-refractivity contribution in [3.63, 3.8) is 0 Å². The molecule has 0 spiro atoms. The third-order valence-electron chi connectivity index (χ3n) is 5.10. The van der Waals surface area contributed by atoms with Crippen molar-refractivity contribution in [1.82, 2.24) is 5.32 Å². The van der Waals surface area contributed by atoms with Gasteiger partial charge in [0.15, 0.2) is 0 Å². The number of rotatable bonds is 10. The van der Waals surface area contributed by atoms with Crippen LogP contribution in [0.15, 0.2) is 66.7 Å². The highest BCUT2D eigenvalue weighted by Gasteiger charge is 2.28. The molecule has 0 aliphatic heterocycles. The van der Waals surface area contributed by atoms with E-state index in [1.165, 1.54) is 26.4 Å². The molecule has 10 nitrogen and oxygen atoms in total. The second-order valence-corrected chi connectivity index (χ2v) is 7.30. The number of carbonyl (C=O) groups excluding carboxylic acids is 1. The molecule has 0 radical (unpaired) electrons. The molecule has 1 atom stereocenters. The van der Waals surface area contributed by atoms with Crippen LogP contribution in [0.4, 0.5) is 11.4 Å². The van der Waals surface area contributed by atoms with Crippen LogP contribution in [0.2, 0.25) is 0 Å². The number of nitrogens with two attached hydrogens (primary N) is 1. The molecule has 0 heterocycles. The number of ether oxygens (including phenoxy) is 2. The van der Waals surface area contributed by atoms with Gasteiger partial charge in [-0.25, -0.2) is 0 Å². The molecule has 10 heteroatoms. The smallest absolute Gasteiger partial charge is 0.352 e. The van der Waals surface area contributed by atoms with Crippen molar-refractivity contribution >= 4 is 23.1 Å². The standard InChI is InChI=1S/C24H25N5O5/c1-33-19-12-17(13-20(34-2)22(19)29(31)32)21(24(30)27-14-15-6-4-3-5-7-15)28-18-10-8-16(9-11-18)23(25)26/h3-13,21,28H,14H2,1-2H3,(H3,25,26)(H,27,30)/t21-/m1/s1. The van der Waals surface area contributed by atoms with E-state index in [1.54, 1.807) is 24.3 Å². The molecule has 0 unspecified atom stereocenters. The van der Waals surface area contributed by atoms with Crippen molar-refractivity contribution in [1.29, 1.82) is 5.41 Å². The molecule has 176 valence electrons. The summed E-state index contributed by atoms with van der Waals surface area (Å²) in [5, 5.41) is 25.1. The second-order valence-electron chi connectivity index (χ2n) is 7.30. The molecule has 0 fully saturated rings. The fourth-order valence-corrected chi connectivity index (χ4v) is 3.36. The third-order valence-corrected chi connectivity index (χ3v) is 5.10. The van der Waals surface area contributed by atoms with Crippen LogP contribution in [0, 0.1) is 15.5 Å². The Morgan fingerprint density at radius 1 is 1.06 bits per heavy atom. The Hall–Kier alpha value is -4.60. The fraction of sp³-hybridized carbons (Fsp3) is 0.167. The number of hydrogen-bond acceptors (Lipinski definition) is 7. The lowest BCUT2D eigenvalue weighted by molar-refractivity contribution is -0.386. The number of nitrogen functional groups attached to an aromatic ring is 1. The minimum Gasteiger partial charge on any atom is -0.490 e. The van der Waals surface area contributed by atoms with Crippen molar-refractivity contribution in [2.24, 2.45) is 5.73 Å². The molecule has 0 aromatic heterocycles. The van der Waals surface area contributed by atoms with Gasteiger partial charge in [-0.15, -0.1) is 0 Å². The van der Waals surface area contributed by atoms with E-state index in [1.807, 2.05) is 30.3 Å². The van der Waals surface area contributed by atoms with E-state index in [-0.39, 0.29) is 28.9 Å². The first kappa shape index (κ1) is 24.1. The predicted octanol–water partition coefficient (Wildman–Crippen LogP) is 3.37. The molecule has 5 N–H and O–H groups in total. The van der Waals surface area contributed by atoms with Crippen molar-refractivity contribution in [2.45, 2.75) is 12.6 Å². The summed E-state index contributed by atoms with van der Waals surface area (Å²) in [6.45, 7) is 0.294. The summed E-state index contributed by atoms with van der Waals surface area (Å²) in [6, 6.07) is 18.0. The minimum absolute atomic E-state index is 0.0334. The zero-order valence-electron chi connectivity index (χ0n) is 18.7. The Bertz CT molecular complexity index is 1160. The second kappa shape index (κ2) is 10.8. The first-order valence-corrected chi connectivity index (χ1v) is 10.3. The van der Waals surface area contributed by atoms with Gasteiger partial charge in [0.25, 0.3) is 0 Å². The summed E-state index contributed by atoms with van der Waals surface area (Å²) in [5.41, 5.74) is 7.63. The lowest BCUT2D eigenvalue weighted by atomic mass is 10.0. The van der Waals surface area contributed by atoms with Crippen molar-refractivity contribution < 1.29 is 19.2 Å². The molecule has 3 aromatic carbocycles. The molecule has 3 aromatic rings. The molecule has 0 aliphatic rings. The number of hydrogen-bond donors (Lipinski definition) is 4. The van der Waals surface area contributed by atoms with Crippen LogP contribution in [0.25, 0.3) is 0 Å². The number of nitro benzene ring substituents is 1. The number of nitro groups is 1. The maximum Gasteiger partial charge on any atom is 0.352 e. The Balaban J connectivity index is 1.98. The van der Waals surface area contributed by atoms with E-state index in [9.17, 15) is 14.9 Å². The van der Waals surface area contributed by atoms with Gasteiger partial charge in [0.1, 0.15) is 11.9 Å². The van der Waals surface area contributed by atoms with Crippen LogP contribution >= 0.6 is 0 Å². The van der Waals surface area contributed by atoms with Crippen molar-refractivity contribution in [3.8, 4) is 11.5 Å². The van der Waals surface area contributed by atoms with Crippen LogP contribution in [-0.4, -0.2) is 30.9 Å². The van der Waals surface area contributed by atoms with E-state index in [0.29, 0.717) is 23.4 Å². The number of amides is 1. The van der Waals surface area contributed by atoms with Gasteiger partial charge in [0.05, 0.1) is 19.1 Å². The third kappa shape index (κ3) is 5.60. The fourth-order valence-electron chi connectivity index (χ4n) is 3.36. The van der Waals surface area contributed by atoms with Gasteiger partial charge in [-0.3, -0.25) is 20.3 Å². The SMILES string of the molecule is COc1cc([C@@H](Nc2ccc(C(=N)N)cc2)C(=O)NCc2ccccc2)cc(OC)c1[N+](=O)[O-]. The predicted molar refractivity (Wildman–Crippen MR) is 128 cm³/mol. The Morgan fingerprint density at radius 3 is 2.15 bits per heavy atom. The van der Waals surface area contributed by atoms with Crippen LogP contribution in [-0.2, 0) is 11.3 Å². The summed E-state index contributed by atoms with van der Waals surface area (Å²) in [6.07, 6.45) is 0. The van der Waals surface area contributed by atoms with Gasteiger partial charge < -0.3 is 25.8 Å². The van der Waals surface area contributed by atoms with E-state index < -0.39 is 11.0 Å². The highest BCUT2D eigenvalue weighted by Crippen LogP contribution is 2.40. The maximum absolute atomic E-state index is 13.3. The maximum atomic E-state index is 13.3. The number of nitrogens with one attached hydrogen (secondary N) is 3. The Labute approximate surface area is 196 Å². The Morgan fingerprint density at radius 2 is 1.65 bits per heavy atom. The topological polar surface area (TPSA) is 153 Å². The van der Waals surface area contributed by atoms with Gasteiger partial charge in [-0.2, -0.15) is 0 Å². The lowest BCUT2D eigenvalue weighted by Gasteiger charge is -2.21. The summed E-state index contributed by atoms with van der Waals surface area (Å²) < 4.78 is 10.4. The number of carbonyl (C=O) groups is 1. The first-order chi connectivity index (χ1) is 16.3. The lowest BCUT2D eigenvalue weighted by Crippen LogP contribution is -2.33. The van der Waals surface area contributed by atoms with E-state index in [4.69, 9.17) is 20.6 Å². The molecular formula is C24H25N5O5. The minimum atomic E-state index is -0.935. The number of benzene rings is 3. The van der Waals surface area contributed by atoms with Crippen LogP contribution in [0.1, 0.15) is 22.7 Å². The highest BCUT2D eigenvalue weighted by molar-refractivity contribution is 5.95. The molecule has 0 aliphatic carbocycles. The van der Waals surface area contributed by atoms with Gasteiger partial charge in [-0.1, -0.05) is 30.3 Å². The molecule has 0 bridgehead atoms. The summed E-state index contributed by atoms with van der Waals surface area (Å²) in [7, 11) is 2.62. The average Bonchev–Trinajstić information content (AvgIpc) is 2.85. The van der Waals surface area contributed by atoms with Crippen LogP contribution < -0.4 is 25.8 Å². The largest absolute Gasteiger partial charge is 0.490 e.